The number of likely N-dealkylation sites (N-methyl/N-ethyl adjacent to an activating group) is 2. The highest BCUT2D eigenvalue weighted by molar-refractivity contribution is 5.31. The Bertz CT molecular complexity index is 387. The molecule has 1 aromatic rings. The van der Waals surface area contributed by atoms with Gasteiger partial charge in [-0.05, 0) is 57.1 Å². The number of hydrogen-bond acceptors (Lipinski definition) is 2. The van der Waals surface area contributed by atoms with Crippen LogP contribution in [0.2, 0.25) is 0 Å². The van der Waals surface area contributed by atoms with E-state index in [1.807, 2.05) is 0 Å². The second kappa shape index (κ2) is 9.15. The molecule has 0 spiro atoms. The highest BCUT2D eigenvalue weighted by Gasteiger charge is 2.13. The van der Waals surface area contributed by atoms with Gasteiger partial charge in [0.2, 0.25) is 0 Å². The quantitative estimate of drug-likeness (QED) is 0.684. The summed E-state index contributed by atoms with van der Waals surface area (Å²) in [6, 6.07) is 7.29. The van der Waals surface area contributed by atoms with E-state index in [-0.39, 0.29) is 0 Å². The van der Waals surface area contributed by atoms with Gasteiger partial charge in [-0.15, -0.1) is 0 Å². The molecule has 1 rings (SSSR count). The predicted octanol–water partition coefficient (Wildman–Crippen LogP) is 4.08. The zero-order valence-corrected chi connectivity index (χ0v) is 14.0. The number of unbranched alkanes of at least 4 members (excludes halogenated alkanes) is 2. The molecule has 0 aliphatic carbocycles. The van der Waals surface area contributed by atoms with E-state index in [1.165, 1.54) is 42.5 Å². The fourth-order valence-electron chi connectivity index (χ4n) is 2.55. The topological polar surface area (TPSA) is 15.3 Å². The lowest BCUT2D eigenvalue weighted by molar-refractivity contribution is 0.286. The maximum absolute atomic E-state index is 3.63. The maximum Gasteiger partial charge on any atom is 0.0449 e. The zero-order valence-electron chi connectivity index (χ0n) is 14.0. The summed E-state index contributed by atoms with van der Waals surface area (Å²) in [5.74, 6) is 0. The Balaban J connectivity index is 2.65. The molecule has 0 fully saturated rings. The Kier molecular flexibility index (Phi) is 7.86. The van der Waals surface area contributed by atoms with Gasteiger partial charge >= 0.3 is 0 Å². The number of nitrogens with zero attached hydrogens (tertiary/aromatic N) is 1. The Morgan fingerprint density at radius 3 is 2.45 bits per heavy atom. The van der Waals surface area contributed by atoms with Gasteiger partial charge in [-0.1, -0.05) is 44.9 Å². The summed E-state index contributed by atoms with van der Waals surface area (Å²) in [4.78, 5) is 2.46. The van der Waals surface area contributed by atoms with Crippen molar-refractivity contribution in [2.45, 2.75) is 53.0 Å². The number of nitrogens with one attached hydrogen (secondary N) is 1. The predicted molar refractivity (Wildman–Crippen MR) is 89.4 cm³/mol. The van der Waals surface area contributed by atoms with Crippen LogP contribution in [0.25, 0.3) is 0 Å². The van der Waals surface area contributed by atoms with E-state index in [1.54, 1.807) is 0 Å². The van der Waals surface area contributed by atoms with Crippen LogP contribution in [0.1, 0.15) is 55.8 Å². The molecular formula is C18H32N2. The molecule has 0 amide bonds. The summed E-state index contributed by atoms with van der Waals surface area (Å²) in [7, 11) is 2.24. The van der Waals surface area contributed by atoms with E-state index < -0.39 is 0 Å². The number of hydrogen-bond donors (Lipinski definition) is 1. The summed E-state index contributed by atoms with van der Waals surface area (Å²) in [6.07, 6.45) is 3.93. The van der Waals surface area contributed by atoms with Crippen molar-refractivity contribution in [1.82, 2.24) is 10.2 Å². The smallest absolute Gasteiger partial charge is 0.0449 e. The fourth-order valence-corrected chi connectivity index (χ4v) is 2.55. The first-order chi connectivity index (χ1) is 9.58. The molecule has 0 radical (unpaired) electrons. The first-order valence-corrected chi connectivity index (χ1v) is 8.07. The first-order valence-electron chi connectivity index (χ1n) is 8.07. The van der Waals surface area contributed by atoms with Crippen molar-refractivity contribution in [3.8, 4) is 0 Å². The lowest BCUT2D eigenvalue weighted by Crippen LogP contribution is -2.33. The molecule has 1 aromatic carbocycles. The molecule has 2 nitrogen and oxygen atoms in total. The third kappa shape index (κ3) is 5.64. The molecule has 0 saturated carbocycles. The van der Waals surface area contributed by atoms with E-state index in [2.05, 4.69) is 63.2 Å². The monoisotopic (exact) mass is 276 g/mol. The molecule has 1 N–H and O–H groups in total. The molecule has 0 aliphatic rings. The number of benzene rings is 1. The summed E-state index contributed by atoms with van der Waals surface area (Å²) in [5.41, 5.74) is 4.18. The molecule has 2 heteroatoms. The Hall–Kier alpha value is -0.860. The van der Waals surface area contributed by atoms with Crippen LogP contribution >= 0.6 is 0 Å². The molecule has 20 heavy (non-hydrogen) atoms. The van der Waals surface area contributed by atoms with Crippen molar-refractivity contribution >= 4 is 0 Å². The fraction of sp³-hybridized carbons (Fsp3) is 0.667. The normalized spacial score (nSPS) is 12.9. The van der Waals surface area contributed by atoms with E-state index in [4.69, 9.17) is 0 Å². The van der Waals surface area contributed by atoms with Crippen LogP contribution in [0.3, 0.4) is 0 Å². The van der Waals surface area contributed by atoms with Crippen LogP contribution in [-0.2, 0) is 0 Å². The summed E-state index contributed by atoms with van der Waals surface area (Å²) < 4.78 is 0. The molecule has 1 unspecified atom stereocenters. The van der Waals surface area contributed by atoms with Crippen LogP contribution in [0, 0.1) is 13.8 Å². The summed E-state index contributed by atoms with van der Waals surface area (Å²) >= 11 is 0. The minimum Gasteiger partial charge on any atom is -0.309 e. The molecule has 1 atom stereocenters. The van der Waals surface area contributed by atoms with Crippen LogP contribution in [-0.4, -0.2) is 31.6 Å². The van der Waals surface area contributed by atoms with Gasteiger partial charge in [-0.25, -0.2) is 0 Å². The Morgan fingerprint density at radius 2 is 1.85 bits per heavy atom. The van der Waals surface area contributed by atoms with Crippen LogP contribution in [0.5, 0.6) is 0 Å². The SMILES string of the molecule is CCCCCN(C)CC(NCC)c1ccc(C)c(C)c1. The minimum atomic E-state index is 0.436. The van der Waals surface area contributed by atoms with E-state index in [9.17, 15) is 0 Å². The van der Waals surface area contributed by atoms with Crippen LogP contribution in [0.4, 0.5) is 0 Å². The number of aryl methyl sites for hydroxylation is 2. The largest absolute Gasteiger partial charge is 0.309 e. The van der Waals surface area contributed by atoms with Gasteiger partial charge in [-0.3, -0.25) is 0 Å². The van der Waals surface area contributed by atoms with Gasteiger partial charge in [0.1, 0.15) is 0 Å². The van der Waals surface area contributed by atoms with E-state index >= 15 is 0 Å². The van der Waals surface area contributed by atoms with Crippen LogP contribution < -0.4 is 5.32 Å². The van der Waals surface area contributed by atoms with Crippen molar-refractivity contribution in [3.63, 3.8) is 0 Å². The molecular weight excluding hydrogens is 244 g/mol. The third-order valence-corrected chi connectivity index (χ3v) is 4.02. The second-order valence-corrected chi connectivity index (χ2v) is 5.92. The van der Waals surface area contributed by atoms with Crippen molar-refractivity contribution in [2.24, 2.45) is 0 Å². The standard InChI is InChI=1S/C18H32N2/c1-6-8-9-12-20(5)14-18(19-7-2)17-11-10-15(3)16(4)13-17/h10-11,13,18-19H,6-9,12,14H2,1-5H3. The third-order valence-electron chi connectivity index (χ3n) is 4.02. The van der Waals surface area contributed by atoms with E-state index in [0.717, 1.165) is 13.1 Å². The molecule has 0 heterocycles. The highest BCUT2D eigenvalue weighted by Crippen LogP contribution is 2.18. The van der Waals surface area contributed by atoms with Crippen LogP contribution in [0.15, 0.2) is 18.2 Å². The molecule has 114 valence electrons. The molecule has 0 bridgehead atoms. The van der Waals surface area contributed by atoms with Crippen molar-refractivity contribution in [1.29, 1.82) is 0 Å². The van der Waals surface area contributed by atoms with Gasteiger partial charge in [0.25, 0.3) is 0 Å². The molecule has 0 aromatic heterocycles. The van der Waals surface area contributed by atoms with Crippen molar-refractivity contribution in [3.05, 3.63) is 34.9 Å². The van der Waals surface area contributed by atoms with Crippen molar-refractivity contribution < 1.29 is 0 Å². The summed E-state index contributed by atoms with van der Waals surface area (Å²) in [5, 5.41) is 3.63. The lowest BCUT2D eigenvalue weighted by Gasteiger charge is -2.25. The highest BCUT2D eigenvalue weighted by atomic mass is 15.1. The summed E-state index contributed by atoms with van der Waals surface area (Å²) in [6.45, 7) is 12.1. The first kappa shape index (κ1) is 17.2. The Labute approximate surface area is 125 Å². The van der Waals surface area contributed by atoms with Crippen molar-refractivity contribution in [2.75, 3.05) is 26.7 Å². The lowest BCUT2D eigenvalue weighted by atomic mass is 10.0. The van der Waals surface area contributed by atoms with Gasteiger partial charge < -0.3 is 10.2 Å². The van der Waals surface area contributed by atoms with E-state index in [0.29, 0.717) is 6.04 Å². The van der Waals surface area contributed by atoms with Gasteiger partial charge in [0.05, 0.1) is 0 Å². The average Bonchev–Trinajstić information content (AvgIpc) is 2.42. The van der Waals surface area contributed by atoms with Gasteiger partial charge in [0.15, 0.2) is 0 Å². The minimum absolute atomic E-state index is 0.436. The zero-order chi connectivity index (χ0) is 15.0. The second-order valence-electron chi connectivity index (χ2n) is 5.92. The maximum atomic E-state index is 3.63. The van der Waals surface area contributed by atoms with Gasteiger partial charge in [0, 0.05) is 12.6 Å². The molecule has 0 aliphatic heterocycles. The number of rotatable bonds is 9. The van der Waals surface area contributed by atoms with Gasteiger partial charge in [-0.2, -0.15) is 0 Å². The average molecular weight is 276 g/mol. The Morgan fingerprint density at radius 1 is 1.10 bits per heavy atom. The molecule has 0 saturated heterocycles.